The van der Waals surface area contributed by atoms with Gasteiger partial charge in [-0.05, 0) is 24.6 Å². The Morgan fingerprint density at radius 3 is 2.89 bits per heavy atom. The summed E-state index contributed by atoms with van der Waals surface area (Å²) in [4.78, 5) is 13.0. The van der Waals surface area contributed by atoms with Gasteiger partial charge in [0.2, 0.25) is 0 Å². The van der Waals surface area contributed by atoms with E-state index in [0.29, 0.717) is 24.9 Å². The number of ether oxygens (including phenoxy) is 2. The van der Waals surface area contributed by atoms with Crippen LogP contribution >= 0.6 is 11.8 Å². The number of aryl methyl sites for hydroxylation is 1. The molecule has 2 rings (SSSR count). The lowest BCUT2D eigenvalue weighted by atomic mass is 10.0. The first-order valence-electron chi connectivity index (χ1n) is 6.58. The van der Waals surface area contributed by atoms with Crippen LogP contribution in [-0.4, -0.2) is 31.4 Å². The zero-order valence-corrected chi connectivity index (χ0v) is 12.5. The summed E-state index contributed by atoms with van der Waals surface area (Å²) in [6.45, 7) is 5.42. The van der Waals surface area contributed by atoms with Gasteiger partial charge in [-0.3, -0.25) is 4.79 Å². The van der Waals surface area contributed by atoms with E-state index in [1.54, 1.807) is 18.9 Å². The summed E-state index contributed by atoms with van der Waals surface area (Å²) in [7, 11) is 1.69. The summed E-state index contributed by atoms with van der Waals surface area (Å²) < 4.78 is 10.8. The van der Waals surface area contributed by atoms with Gasteiger partial charge in [0.15, 0.2) is 5.78 Å². The topological polar surface area (TPSA) is 35.5 Å². The van der Waals surface area contributed by atoms with E-state index in [4.69, 9.17) is 9.47 Å². The summed E-state index contributed by atoms with van der Waals surface area (Å²) in [6.07, 6.45) is 1.50. The molecule has 0 saturated heterocycles. The van der Waals surface area contributed by atoms with E-state index < -0.39 is 0 Å². The van der Waals surface area contributed by atoms with E-state index in [9.17, 15) is 4.79 Å². The van der Waals surface area contributed by atoms with Crippen LogP contribution in [0.3, 0.4) is 0 Å². The van der Waals surface area contributed by atoms with Gasteiger partial charge in [0.05, 0.1) is 6.61 Å². The maximum atomic E-state index is 12.0. The van der Waals surface area contributed by atoms with Crippen molar-refractivity contribution in [3.8, 4) is 5.75 Å². The smallest absolute Gasteiger partial charge is 0.165 e. The molecule has 0 spiro atoms. The lowest BCUT2D eigenvalue weighted by molar-refractivity contribution is 0.0978. The van der Waals surface area contributed by atoms with Gasteiger partial charge in [-0.1, -0.05) is 6.92 Å². The molecule has 0 N–H and O–H groups in total. The Bertz CT molecular complexity index is 471. The molecule has 4 heteroatoms. The van der Waals surface area contributed by atoms with Gasteiger partial charge < -0.3 is 9.47 Å². The number of rotatable bonds is 5. The molecule has 0 aliphatic carbocycles. The number of Topliss-reactive ketones (excluding diaryl/α,β-unsaturated/α-hetero) is 1. The third-order valence-electron chi connectivity index (χ3n) is 3.13. The van der Waals surface area contributed by atoms with Crippen LogP contribution in [0.15, 0.2) is 17.0 Å². The van der Waals surface area contributed by atoms with Crippen molar-refractivity contribution in [3.63, 3.8) is 0 Å². The molecule has 0 amide bonds. The van der Waals surface area contributed by atoms with Crippen molar-refractivity contribution < 1.29 is 14.3 Å². The van der Waals surface area contributed by atoms with E-state index in [-0.39, 0.29) is 5.78 Å². The summed E-state index contributed by atoms with van der Waals surface area (Å²) in [5.74, 6) is 1.12. The number of hydrogen-bond acceptors (Lipinski definition) is 4. The molecule has 1 aliphatic rings. The summed E-state index contributed by atoms with van der Waals surface area (Å²) in [5.41, 5.74) is 1.88. The zero-order valence-electron chi connectivity index (χ0n) is 11.7. The largest absolute Gasteiger partial charge is 0.493 e. The molecule has 1 unspecified atom stereocenters. The first-order valence-corrected chi connectivity index (χ1v) is 7.46. The maximum Gasteiger partial charge on any atom is 0.165 e. The number of methoxy groups -OCH3 is 1. The second kappa shape index (κ2) is 6.44. The van der Waals surface area contributed by atoms with E-state index >= 15 is 0 Å². The monoisotopic (exact) mass is 280 g/mol. The maximum absolute atomic E-state index is 12.0. The summed E-state index contributed by atoms with van der Waals surface area (Å²) in [6, 6.07) is 3.97. The minimum atomic E-state index is 0.246. The Morgan fingerprint density at radius 2 is 2.16 bits per heavy atom. The minimum absolute atomic E-state index is 0.246. The van der Waals surface area contributed by atoms with Gasteiger partial charge in [0.25, 0.3) is 0 Å². The predicted molar refractivity (Wildman–Crippen MR) is 77.4 cm³/mol. The van der Waals surface area contributed by atoms with Crippen LogP contribution in [-0.2, 0) is 4.74 Å². The lowest BCUT2D eigenvalue weighted by Gasteiger charge is -2.21. The zero-order chi connectivity index (χ0) is 13.8. The molecule has 1 atom stereocenters. The Hall–Kier alpha value is -1.000. The molecule has 0 saturated carbocycles. The molecule has 1 heterocycles. The normalized spacial score (nSPS) is 18.3. The number of hydrogen-bond donors (Lipinski definition) is 0. The van der Waals surface area contributed by atoms with Crippen molar-refractivity contribution in [1.29, 1.82) is 0 Å². The SMILES string of the molecule is COCCCOc1cc2c(cc1C)C(=O)CC(C)S2. The molecular formula is C15H20O3S. The quantitative estimate of drug-likeness (QED) is 0.774. The van der Waals surface area contributed by atoms with E-state index in [0.717, 1.165) is 28.2 Å². The highest BCUT2D eigenvalue weighted by atomic mass is 32.2. The Kier molecular flexibility index (Phi) is 4.88. The van der Waals surface area contributed by atoms with E-state index in [1.165, 1.54) is 0 Å². The molecule has 0 bridgehead atoms. The molecule has 1 aromatic carbocycles. The fourth-order valence-corrected chi connectivity index (χ4v) is 3.30. The van der Waals surface area contributed by atoms with Crippen LogP contribution in [0.1, 0.15) is 35.7 Å². The number of carbonyl (C=O) groups excluding carboxylic acids is 1. The van der Waals surface area contributed by atoms with Crippen molar-refractivity contribution >= 4 is 17.5 Å². The van der Waals surface area contributed by atoms with Crippen LogP contribution in [0.25, 0.3) is 0 Å². The highest BCUT2D eigenvalue weighted by Gasteiger charge is 2.24. The average Bonchev–Trinajstić information content (AvgIpc) is 2.36. The first kappa shape index (κ1) is 14.4. The van der Waals surface area contributed by atoms with Gasteiger partial charge in [-0.25, -0.2) is 0 Å². The average molecular weight is 280 g/mol. The van der Waals surface area contributed by atoms with Crippen molar-refractivity contribution in [2.45, 2.75) is 36.8 Å². The Morgan fingerprint density at radius 1 is 1.37 bits per heavy atom. The van der Waals surface area contributed by atoms with Crippen LogP contribution in [0, 0.1) is 6.92 Å². The summed E-state index contributed by atoms with van der Waals surface area (Å²) in [5, 5.41) is 0.351. The second-order valence-electron chi connectivity index (χ2n) is 4.86. The first-order chi connectivity index (χ1) is 9.11. The van der Waals surface area contributed by atoms with Crippen LogP contribution in [0.4, 0.5) is 0 Å². The molecule has 0 aromatic heterocycles. The van der Waals surface area contributed by atoms with E-state index in [1.807, 2.05) is 19.1 Å². The second-order valence-corrected chi connectivity index (χ2v) is 6.34. The van der Waals surface area contributed by atoms with Gasteiger partial charge in [0.1, 0.15) is 5.75 Å². The van der Waals surface area contributed by atoms with E-state index in [2.05, 4.69) is 6.92 Å². The Balaban J connectivity index is 2.13. The molecule has 0 fully saturated rings. The third kappa shape index (κ3) is 3.51. The molecule has 3 nitrogen and oxygen atoms in total. The predicted octanol–water partition coefficient (Wildman–Crippen LogP) is 3.48. The number of thioether (sulfide) groups is 1. The molecule has 19 heavy (non-hydrogen) atoms. The van der Waals surface area contributed by atoms with Crippen LogP contribution < -0.4 is 4.74 Å². The highest BCUT2D eigenvalue weighted by Crippen LogP contribution is 2.38. The fourth-order valence-electron chi connectivity index (χ4n) is 2.16. The molecule has 104 valence electrons. The van der Waals surface area contributed by atoms with Crippen molar-refractivity contribution in [2.24, 2.45) is 0 Å². The lowest BCUT2D eigenvalue weighted by Crippen LogP contribution is -2.15. The number of ketones is 1. The molecule has 0 radical (unpaired) electrons. The van der Waals surface area contributed by atoms with Gasteiger partial charge in [0, 0.05) is 42.3 Å². The van der Waals surface area contributed by atoms with Gasteiger partial charge in [-0.15, -0.1) is 11.8 Å². The summed E-state index contributed by atoms with van der Waals surface area (Å²) >= 11 is 1.76. The standard InChI is InChI=1S/C15H20O3S/c1-10-7-12-13(16)8-11(2)19-15(12)9-14(10)18-6-4-5-17-3/h7,9,11H,4-6,8H2,1-3H3. The van der Waals surface area contributed by atoms with Crippen molar-refractivity contribution in [1.82, 2.24) is 0 Å². The molecule has 1 aliphatic heterocycles. The number of carbonyl (C=O) groups is 1. The number of benzene rings is 1. The number of fused-ring (bicyclic) bond motifs is 1. The molecule has 1 aromatic rings. The highest BCUT2D eigenvalue weighted by molar-refractivity contribution is 8.00. The molecular weight excluding hydrogens is 260 g/mol. The van der Waals surface area contributed by atoms with Gasteiger partial charge >= 0.3 is 0 Å². The minimum Gasteiger partial charge on any atom is -0.493 e. The van der Waals surface area contributed by atoms with Crippen molar-refractivity contribution in [3.05, 3.63) is 23.3 Å². The fraction of sp³-hybridized carbons (Fsp3) is 0.533. The van der Waals surface area contributed by atoms with Crippen LogP contribution in [0.2, 0.25) is 0 Å². The van der Waals surface area contributed by atoms with Gasteiger partial charge in [-0.2, -0.15) is 0 Å². The van der Waals surface area contributed by atoms with Crippen molar-refractivity contribution in [2.75, 3.05) is 20.3 Å². The third-order valence-corrected chi connectivity index (χ3v) is 4.29. The Labute approximate surface area is 118 Å². The van der Waals surface area contributed by atoms with Crippen LogP contribution in [0.5, 0.6) is 5.75 Å².